The third-order valence-electron chi connectivity index (χ3n) is 4.76. The molecule has 2 aliphatic rings. The van der Waals surface area contributed by atoms with Crippen LogP contribution in [0.5, 0.6) is 0 Å². The molecule has 0 N–H and O–H groups in total. The summed E-state index contributed by atoms with van der Waals surface area (Å²) >= 11 is 0. The Balaban J connectivity index is 1.92. The van der Waals surface area contributed by atoms with Gasteiger partial charge in [-0.25, -0.2) is 8.42 Å². The van der Waals surface area contributed by atoms with Gasteiger partial charge in [0.1, 0.15) is 0 Å². The molecule has 1 heterocycles. The summed E-state index contributed by atoms with van der Waals surface area (Å²) in [5.41, 5.74) is 0. The van der Waals surface area contributed by atoms with Crippen LogP contribution in [0.25, 0.3) is 0 Å². The van der Waals surface area contributed by atoms with Crippen LogP contribution >= 0.6 is 0 Å². The first-order valence-electron chi connectivity index (χ1n) is 8.22. The first-order chi connectivity index (χ1) is 10.1. The zero-order valence-corrected chi connectivity index (χ0v) is 13.8. The Morgan fingerprint density at radius 1 is 1.14 bits per heavy atom. The molecule has 1 aliphatic carbocycles. The highest BCUT2D eigenvalue weighted by molar-refractivity contribution is 7.89. The molecule has 6 heteroatoms. The van der Waals surface area contributed by atoms with Crippen LogP contribution in [-0.2, 0) is 10.0 Å². The summed E-state index contributed by atoms with van der Waals surface area (Å²) in [6.07, 6.45) is 6.73. The summed E-state index contributed by atoms with van der Waals surface area (Å²) in [5, 5.41) is 9.05. The van der Waals surface area contributed by atoms with Crippen molar-refractivity contribution in [3.63, 3.8) is 0 Å². The third kappa shape index (κ3) is 3.97. The van der Waals surface area contributed by atoms with Crippen molar-refractivity contribution in [2.75, 3.05) is 26.2 Å². The Labute approximate surface area is 129 Å². The maximum Gasteiger partial charge on any atom is 0.217 e. The van der Waals surface area contributed by atoms with Crippen LogP contribution in [0.15, 0.2) is 0 Å². The summed E-state index contributed by atoms with van der Waals surface area (Å²) < 4.78 is 27.0. The van der Waals surface area contributed by atoms with Crippen molar-refractivity contribution in [2.45, 2.75) is 63.2 Å². The summed E-state index contributed by atoms with van der Waals surface area (Å²) in [6, 6.07) is 2.29. The van der Waals surface area contributed by atoms with E-state index in [1.807, 2.05) is 0 Å². The molecule has 21 heavy (non-hydrogen) atoms. The first kappa shape index (κ1) is 16.7. The molecule has 0 aromatic heterocycles. The van der Waals surface area contributed by atoms with E-state index in [-0.39, 0.29) is 11.3 Å². The zero-order chi connectivity index (χ0) is 15.3. The van der Waals surface area contributed by atoms with Crippen LogP contribution in [0.3, 0.4) is 0 Å². The minimum Gasteiger partial charge on any atom is -0.285 e. The average molecular weight is 313 g/mol. The molecule has 0 bridgehead atoms. The lowest BCUT2D eigenvalue weighted by Crippen LogP contribution is -2.53. The summed E-state index contributed by atoms with van der Waals surface area (Å²) in [6.45, 7) is 4.53. The standard InChI is InChI=1S/C15H27N3O2S/c1-2-6-14(13-16)17-9-11-18(12-10-17)21(19,20)15-7-4-3-5-8-15/h14-15H,2-12H2,1H3. The highest BCUT2D eigenvalue weighted by Gasteiger charge is 2.35. The largest absolute Gasteiger partial charge is 0.285 e. The monoisotopic (exact) mass is 313 g/mol. The molecule has 1 aliphatic heterocycles. The van der Waals surface area contributed by atoms with Gasteiger partial charge in [0.25, 0.3) is 0 Å². The van der Waals surface area contributed by atoms with E-state index in [2.05, 4.69) is 17.9 Å². The quantitative estimate of drug-likeness (QED) is 0.778. The Morgan fingerprint density at radius 3 is 2.29 bits per heavy atom. The number of rotatable bonds is 5. The summed E-state index contributed by atoms with van der Waals surface area (Å²) in [4.78, 5) is 2.14. The van der Waals surface area contributed by atoms with Crippen LogP contribution in [0.1, 0.15) is 51.9 Å². The van der Waals surface area contributed by atoms with Gasteiger partial charge in [-0.3, -0.25) is 4.90 Å². The van der Waals surface area contributed by atoms with Gasteiger partial charge in [0.2, 0.25) is 10.0 Å². The highest BCUT2D eigenvalue weighted by atomic mass is 32.2. The van der Waals surface area contributed by atoms with E-state index in [4.69, 9.17) is 0 Å². The van der Waals surface area contributed by atoms with Crippen molar-refractivity contribution in [1.29, 1.82) is 5.26 Å². The maximum absolute atomic E-state index is 12.7. The van der Waals surface area contributed by atoms with Crippen molar-refractivity contribution in [2.24, 2.45) is 0 Å². The average Bonchev–Trinajstić information content (AvgIpc) is 2.53. The molecule has 0 aromatic rings. The Morgan fingerprint density at radius 2 is 1.76 bits per heavy atom. The molecular formula is C15H27N3O2S. The number of hydrogen-bond acceptors (Lipinski definition) is 4. The summed E-state index contributed by atoms with van der Waals surface area (Å²) in [5.74, 6) is 0. The fourth-order valence-electron chi connectivity index (χ4n) is 3.45. The zero-order valence-electron chi connectivity index (χ0n) is 13.0. The van der Waals surface area contributed by atoms with Gasteiger partial charge in [-0.05, 0) is 19.3 Å². The van der Waals surface area contributed by atoms with Crippen LogP contribution in [0.4, 0.5) is 0 Å². The fraction of sp³-hybridized carbons (Fsp3) is 0.933. The minimum absolute atomic E-state index is 0.0606. The van der Waals surface area contributed by atoms with E-state index in [1.165, 1.54) is 6.42 Å². The normalized spacial score (nSPS) is 24.6. The molecule has 0 amide bonds. The van der Waals surface area contributed by atoms with Crippen LogP contribution in [0, 0.1) is 11.3 Å². The number of nitriles is 1. The topological polar surface area (TPSA) is 64.4 Å². The molecule has 1 saturated carbocycles. The number of sulfonamides is 1. The van der Waals surface area contributed by atoms with Crippen LogP contribution in [0.2, 0.25) is 0 Å². The van der Waals surface area contributed by atoms with Gasteiger partial charge < -0.3 is 0 Å². The maximum atomic E-state index is 12.7. The van der Waals surface area contributed by atoms with Crippen molar-refractivity contribution in [3.05, 3.63) is 0 Å². The van der Waals surface area contributed by atoms with E-state index >= 15 is 0 Å². The van der Waals surface area contributed by atoms with Gasteiger partial charge in [0.05, 0.1) is 17.4 Å². The van der Waals surface area contributed by atoms with Crippen LogP contribution in [-0.4, -0.2) is 55.1 Å². The molecule has 0 spiro atoms. The Bertz CT molecular complexity index is 458. The lowest BCUT2D eigenvalue weighted by atomic mass is 10.0. The SMILES string of the molecule is CCCC(C#N)N1CCN(S(=O)(=O)C2CCCCC2)CC1. The van der Waals surface area contributed by atoms with Crippen molar-refractivity contribution in [1.82, 2.24) is 9.21 Å². The first-order valence-corrected chi connectivity index (χ1v) is 9.72. The van der Waals surface area contributed by atoms with Crippen molar-refractivity contribution >= 4 is 10.0 Å². The predicted octanol–water partition coefficient (Wildman–Crippen LogP) is 1.96. The lowest BCUT2D eigenvalue weighted by Gasteiger charge is -2.38. The van der Waals surface area contributed by atoms with Crippen molar-refractivity contribution in [3.8, 4) is 6.07 Å². The fourth-order valence-corrected chi connectivity index (χ4v) is 5.47. The molecule has 2 fully saturated rings. The van der Waals surface area contributed by atoms with Gasteiger partial charge in [-0.2, -0.15) is 9.57 Å². The van der Waals surface area contributed by atoms with E-state index in [1.54, 1.807) is 4.31 Å². The number of nitrogens with zero attached hydrogens (tertiary/aromatic N) is 3. The predicted molar refractivity (Wildman–Crippen MR) is 83.2 cm³/mol. The Kier molecular flexibility index (Phi) is 6.03. The Hall–Kier alpha value is -0.640. The molecule has 0 aromatic carbocycles. The van der Waals surface area contributed by atoms with E-state index in [9.17, 15) is 13.7 Å². The van der Waals surface area contributed by atoms with Gasteiger partial charge in [-0.15, -0.1) is 0 Å². The molecule has 5 nitrogen and oxygen atoms in total. The van der Waals surface area contributed by atoms with E-state index < -0.39 is 10.0 Å². The second kappa shape index (κ2) is 7.57. The molecule has 2 rings (SSSR count). The molecule has 1 saturated heterocycles. The molecule has 1 atom stereocenters. The van der Waals surface area contributed by atoms with E-state index in [0.29, 0.717) is 26.2 Å². The van der Waals surface area contributed by atoms with Gasteiger partial charge >= 0.3 is 0 Å². The molecule has 120 valence electrons. The van der Waals surface area contributed by atoms with Gasteiger partial charge in [0.15, 0.2) is 0 Å². The second-order valence-corrected chi connectivity index (χ2v) is 8.39. The third-order valence-corrected chi connectivity index (χ3v) is 7.16. The van der Waals surface area contributed by atoms with Crippen LogP contribution < -0.4 is 0 Å². The number of hydrogen-bond donors (Lipinski definition) is 0. The lowest BCUT2D eigenvalue weighted by molar-refractivity contribution is 0.155. The van der Waals surface area contributed by atoms with Gasteiger partial charge in [-0.1, -0.05) is 32.6 Å². The molecule has 0 radical (unpaired) electrons. The second-order valence-electron chi connectivity index (χ2n) is 6.17. The highest BCUT2D eigenvalue weighted by Crippen LogP contribution is 2.27. The van der Waals surface area contributed by atoms with Crippen molar-refractivity contribution < 1.29 is 8.42 Å². The van der Waals surface area contributed by atoms with E-state index in [0.717, 1.165) is 38.5 Å². The molecule has 1 unspecified atom stereocenters. The molecular weight excluding hydrogens is 286 g/mol. The smallest absolute Gasteiger partial charge is 0.217 e. The minimum atomic E-state index is -3.13. The number of piperazine rings is 1. The van der Waals surface area contributed by atoms with Gasteiger partial charge in [0, 0.05) is 26.2 Å². The summed E-state index contributed by atoms with van der Waals surface area (Å²) in [7, 11) is -3.13.